The summed E-state index contributed by atoms with van der Waals surface area (Å²) in [7, 11) is 11.4. The summed E-state index contributed by atoms with van der Waals surface area (Å²) in [4.78, 5) is 66.1. The summed E-state index contributed by atoms with van der Waals surface area (Å²) in [6.45, 7) is 0. The number of esters is 4. The van der Waals surface area contributed by atoms with Gasteiger partial charge in [-0.3, -0.25) is 0 Å². The first kappa shape index (κ1) is 47.6. The fourth-order valence-electron chi connectivity index (χ4n) is 9.06. The molecule has 9 rings (SSSR count). The molecule has 8 aromatic rings. The predicted octanol–water partition coefficient (Wildman–Crippen LogP) is 5.48. The molecule has 0 aliphatic carbocycles. The van der Waals surface area contributed by atoms with Crippen LogP contribution in [0, 0.1) is 0 Å². The van der Waals surface area contributed by atoms with Crippen molar-refractivity contribution in [1.82, 2.24) is 19.9 Å². The molecular weight excluding hydrogens is 921 g/mol. The van der Waals surface area contributed by atoms with E-state index in [2.05, 4.69) is 19.9 Å². The number of ether oxygens (including phenoxy) is 8. The molecule has 4 aromatic heterocycles. The van der Waals surface area contributed by atoms with E-state index in [0.717, 1.165) is 0 Å². The topological polar surface area (TPSA) is 205 Å². The number of aromatic nitrogens is 4. The number of carbonyl (C=O) groups is 4. The van der Waals surface area contributed by atoms with Gasteiger partial charge in [0.15, 0.2) is 0 Å². The number of fused-ring (bicyclic) bond motifs is 8. The van der Waals surface area contributed by atoms with Crippen LogP contribution < -0.4 is 40.3 Å². The highest BCUT2D eigenvalue weighted by Crippen LogP contribution is 2.37. The van der Waals surface area contributed by atoms with Crippen molar-refractivity contribution in [1.29, 1.82) is 0 Å². The lowest BCUT2D eigenvalue weighted by Gasteiger charge is -2.15. The molecule has 0 saturated heterocycles. The highest BCUT2D eigenvalue weighted by molar-refractivity contribution is 5.95. The van der Waals surface area contributed by atoms with Crippen molar-refractivity contribution in [3.8, 4) is 23.0 Å². The number of rotatable bonds is 12. The summed E-state index contributed by atoms with van der Waals surface area (Å²) in [5, 5.41) is 2.59. The molecule has 0 atom stereocenters. The minimum absolute atomic E-state index is 0.292. The zero-order valence-electron chi connectivity index (χ0n) is 40.4. The van der Waals surface area contributed by atoms with Crippen LogP contribution in [0.4, 0.5) is 0 Å². The van der Waals surface area contributed by atoms with Gasteiger partial charge in [-0.2, -0.15) is 0 Å². The van der Waals surface area contributed by atoms with Crippen LogP contribution in [0.2, 0.25) is 0 Å². The van der Waals surface area contributed by atoms with E-state index in [1.807, 2.05) is 48.5 Å². The number of methoxy groups -OCH3 is 8. The lowest BCUT2D eigenvalue weighted by Crippen LogP contribution is -2.20. The minimum Gasteiger partial charge on any atom is -0.496 e. The lowest BCUT2D eigenvalue weighted by molar-refractivity contribution is 0.0591. The third-order valence-electron chi connectivity index (χ3n) is 12.5. The Hall–Kier alpha value is -9.44. The van der Waals surface area contributed by atoms with E-state index in [4.69, 9.17) is 37.9 Å². The largest absolute Gasteiger partial charge is 0.496 e. The number of hydrogen-bond acceptors (Lipinski definition) is 12. The summed E-state index contributed by atoms with van der Waals surface area (Å²) in [6.07, 6.45) is 0. The number of aromatic amines is 4. The fourth-order valence-corrected chi connectivity index (χ4v) is 9.06. The summed E-state index contributed by atoms with van der Waals surface area (Å²) >= 11 is 0. The number of hydrogen-bond donors (Lipinski definition) is 4. The highest BCUT2D eigenvalue weighted by atomic mass is 16.5. The van der Waals surface area contributed by atoms with E-state index >= 15 is 0 Å². The van der Waals surface area contributed by atoms with Gasteiger partial charge in [0.1, 0.15) is 23.0 Å². The molecule has 1 aliphatic rings. The maximum atomic E-state index is 12.8. The van der Waals surface area contributed by atoms with E-state index in [0.29, 0.717) is 134 Å². The van der Waals surface area contributed by atoms with Crippen molar-refractivity contribution < 1.29 is 57.1 Å². The number of H-pyrrole nitrogens is 4. The molecule has 0 fully saturated rings. The number of nitrogens with one attached hydrogen (secondary N) is 4. The van der Waals surface area contributed by atoms with Gasteiger partial charge in [-0.15, -0.1) is 0 Å². The molecular formula is C56H48N4O12. The second-order valence-corrected chi connectivity index (χ2v) is 16.3. The molecule has 4 N–H and O–H groups in total. The summed E-state index contributed by atoms with van der Waals surface area (Å²) in [6, 6.07) is 36.0. The van der Waals surface area contributed by atoms with E-state index in [-0.39, 0.29) is 0 Å². The summed E-state index contributed by atoms with van der Waals surface area (Å²) < 4.78 is 44.2. The smallest absolute Gasteiger partial charge is 0.337 e. The first-order chi connectivity index (χ1) is 35.0. The first-order valence-corrected chi connectivity index (χ1v) is 22.3. The SMILES string of the molecule is COC(=O)c1ccc(C2=c3ccc([nH]3)=C(c3ccc(C(=O)OC)cc3OC)c3ccc([nH]3)C(c3ccc(C(=O)OC)cc3OC)=c3ccc([nH]3)=C(c3ccc(C(=O)OC)cc3OC)c3ccc2[nH]3)c(OC)c1. The Labute approximate surface area is 411 Å². The van der Waals surface area contributed by atoms with E-state index in [1.54, 1.807) is 72.8 Å². The van der Waals surface area contributed by atoms with Crippen molar-refractivity contribution in [2.45, 2.75) is 0 Å². The zero-order chi connectivity index (χ0) is 50.8. The van der Waals surface area contributed by atoms with Crippen LogP contribution in [0.5, 0.6) is 23.0 Å². The van der Waals surface area contributed by atoms with Gasteiger partial charge in [-0.05, 0) is 121 Å². The quantitative estimate of drug-likeness (QED) is 0.0888. The molecule has 0 radical (unpaired) electrons. The third-order valence-corrected chi connectivity index (χ3v) is 12.5. The Morgan fingerprint density at radius 2 is 0.514 bits per heavy atom. The summed E-state index contributed by atoms with van der Waals surface area (Å²) in [5.74, 6) is -0.548. The Balaban J connectivity index is 1.45. The minimum atomic E-state index is -0.530. The molecule has 16 nitrogen and oxygen atoms in total. The van der Waals surface area contributed by atoms with E-state index < -0.39 is 23.9 Å². The molecule has 0 amide bonds. The maximum absolute atomic E-state index is 12.8. The van der Waals surface area contributed by atoms with Crippen molar-refractivity contribution in [2.75, 3.05) is 56.9 Å². The van der Waals surface area contributed by atoms with Gasteiger partial charge in [0.05, 0.1) is 79.1 Å². The maximum Gasteiger partial charge on any atom is 0.337 e. The van der Waals surface area contributed by atoms with Crippen molar-refractivity contribution in [3.63, 3.8) is 0 Å². The van der Waals surface area contributed by atoms with Crippen LogP contribution in [-0.2, 0) is 18.9 Å². The van der Waals surface area contributed by atoms with Gasteiger partial charge in [0.25, 0.3) is 0 Å². The van der Waals surface area contributed by atoms with Gasteiger partial charge in [0.2, 0.25) is 0 Å². The third kappa shape index (κ3) is 8.54. The Bertz CT molecular complexity index is 3260. The normalized spacial score (nSPS) is 12.0. The van der Waals surface area contributed by atoms with Crippen LogP contribution in [-0.4, -0.2) is 101 Å². The molecule has 16 heteroatoms. The molecule has 72 heavy (non-hydrogen) atoms. The monoisotopic (exact) mass is 968 g/mol. The number of benzene rings is 4. The fraction of sp³-hybridized carbons (Fsp3) is 0.143. The average Bonchev–Trinajstić information content (AvgIpc) is 4.29. The van der Waals surface area contributed by atoms with Crippen molar-refractivity contribution in [2.24, 2.45) is 0 Å². The van der Waals surface area contributed by atoms with Crippen molar-refractivity contribution >= 4 is 46.2 Å². The van der Waals surface area contributed by atoms with Crippen LogP contribution >= 0.6 is 0 Å². The Morgan fingerprint density at radius 3 is 0.708 bits per heavy atom. The molecule has 0 unspecified atom stereocenters. The molecule has 1 aliphatic heterocycles. The molecule has 8 bridgehead atoms. The summed E-state index contributed by atoms with van der Waals surface area (Å²) in [5.41, 5.74) is 8.97. The first-order valence-electron chi connectivity index (χ1n) is 22.3. The van der Waals surface area contributed by atoms with E-state index in [9.17, 15) is 19.2 Å². The zero-order valence-corrected chi connectivity index (χ0v) is 40.4. The second kappa shape index (κ2) is 19.9. The standard InChI is InChI=1S/C56H48N4O12/c1-65-45-25-29(53(61)69-5)9-13-33(45)49-37-17-19-39(57-37)50(34-14-10-30(54(62)70-6)26-46(34)66-2)41-21-23-43(59-41)52(36-16-12-32(56(64)72-8)28-48(36)68-4)44-24-22-42(60-44)51(40-20-18-38(49)58-40)35-15-11-31(55(63)71-7)27-47(35)67-3/h9-28,57-60H,1-8H3. The molecule has 4 aromatic carbocycles. The van der Waals surface area contributed by atoms with E-state index in [1.165, 1.54) is 56.9 Å². The molecule has 0 saturated carbocycles. The molecule has 364 valence electrons. The van der Waals surface area contributed by atoms with Crippen LogP contribution in [0.25, 0.3) is 22.3 Å². The van der Waals surface area contributed by atoms with Crippen molar-refractivity contribution in [3.05, 3.63) is 210 Å². The van der Waals surface area contributed by atoms with Gasteiger partial charge in [0, 0.05) is 88.7 Å². The number of carbonyl (C=O) groups excluding carboxylic acids is 4. The second-order valence-electron chi connectivity index (χ2n) is 16.3. The molecule has 5 heterocycles. The van der Waals surface area contributed by atoms with Crippen LogP contribution in [0.1, 0.15) is 86.5 Å². The highest BCUT2D eigenvalue weighted by Gasteiger charge is 2.25. The lowest BCUT2D eigenvalue weighted by atomic mass is 9.99. The Morgan fingerprint density at radius 1 is 0.292 bits per heavy atom. The van der Waals surface area contributed by atoms with Crippen LogP contribution in [0.15, 0.2) is 121 Å². The van der Waals surface area contributed by atoms with Gasteiger partial charge in [-0.25, -0.2) is 19.2 Å². The predicted molar refractivity (Wildman–Crippen MR) is 265 cm³/mol. The van der Waals surface area contributed by atoms with Gasteiger partial charge in [-0.1, -0.05) is 0 Å². The van der Waals surface area contributed by atoms with Gasteiger partial charge >= 0.3 is 23.9 Å². The Kier molecular flexibility index (Phi) is 13.2. The van der Waals surface area contributed by atoms with Crippen LogP contribution in [0.3, 0.4) is 0 Å². The molecule has 0 spiro atoms. The average molecular weight is 969 g/mol. The van der Waals surface area contributed by atoms with Gasteiger partial charge < -0.3 is 57.8 Å².